The van der Waals surface area contributed by atoms with Crippen molar-refractivity contribution in [3.05, 3.63) is 23.2 Å². The molecule has 11 N–H and O–H groups in total. The molecule has 4 heterocycles. The first-order chi connectivity index (χ1) is 35.6. The Kier molecular flexibility index (Phi) is 15.7. The minimum absolute atomic E-state index is 0.0896. The lowest BCUT2D eigenvalue weighted by molar-refractivity contribution is -0.396. The number of allylic oxidation sites excluding steroid dienone is 4. The highest BCUT2D eigenvalue weighted by molar-refractivity contribution is 5.94. The van der Waals surface area contributed by atoms with Crippen molar-refractivity contribution in [2.75, 3.05) is 13.2 Å². The predicted octanol–water partition coefficient (Wildman–Crippen LogP) is 1.01. The van der Waals surface area contributed by atoms with Crippen molar-refractivity contribution in [3.63, 3.8) is 0 Å². The molecule has 76 heavy (non-hydrogen) atoms. The van der Waals surface area contributed by atoms with Gasteiger partial charge >= 0.3 is 5.97 Å². The van der Waals surface area contributed by atoms with Crippen molar-refractivity contribution < 1.29 is 108 Å². The van der Waals surface area contributed by atoms with E-state index >= 15 is 0 Å². The molecule has 0 aromatic carbocycles. The first kappa shape index (κ1) is 57.9. The van der Waals surface area contributed by atoms with Crippen LogP contribution in [0.2, 0.25) is 0 Å². The molecule has 430 valence electrons. The van der Waals surface area contributed by atoms with E-state index in [1.165, 1.54) is 19.4 Å². The Hall–Kier alpha value is -2.75. The molecule has 1 unspecified atom stereocenters. The Bertz CT molecular complexity index is 2260. The van der Waals surface area contributed by atoms with Gasteiger partial charge in [0.05, 0.1) is 43.4 Å². The number of Topliss-reactive ketones (excluding diaryl/α,β-unsaturated/α-hetero) is 1. The Balaban J connectivity index is 0.988. The maximum Gasteiger partial charge on any atom is 0.335 e. The topological polar surface area (TPSA) is 348 Å². The number of aliphatic hydroxyl groups is 10. The third-order valence-corrected chi connectivity index (χ3v) is 20.9. The second kappa shape index (κ2) is 20.7. The van der Waals surface area contributed by atoms with Crippen LogP contribution >= 0.6 is 0 Å². The van der Waals surface area contributed by atoms with Crippen LogP contribution in [0.25, 0.3) is 0 Å². The summed E-state index contributed by atoms with van der Waals surface area (Å²) in [5, 5.41) is 119. The van der Waals surface area contributed by atoms with Gasteiger partial charge in [-0.1, -0.05) is 53.2 Å². The van der Waals surface area contributed by atoms with Crippen molar-refractivity contribution in [1.82, 2.24) is 0 Å². The fourth-order valence-corrected chi connectivity index (χ4v) is 16.3. The highest BCUT2D eigenvalue weighted by atomic mass is 16.8. The Labute approximate surface area is 442 Å². The Morgan fingerprint density at radius 3 is 2.03 bits per heavy atom. The molecule has 7 fully saturated rings. The van der Waals surface area contributed by atoms with E-state index in [-0.39, 0.29) is 52.8 Å². The van der Waals surface area contributed by atoms with E-state index in [1.807, 2.05) is 6.92 Å². The number of ether oxygens (including phenoxy) is 8. The van der Waals surface area contributed by atoms with Crippen molar-refractivity contribution in [2.45, 2.75) is 230 Å². The molecule has 5 aliphatic carbocycles. The maximum atomic E-state index is 13.8. The maximum absolute atomic E-state index is 13.8. The number of carbonyl (C=O) groups is 3. The zero-order valence-electron chi connectivity index (χ0n) is 44.7. The monoisotopic (exact) mass is 1080 g/mol. The first-order valence-corrected chi connectivity index (χ1v) is 27.1. The van der Waals surface area contributed by atoms with Crippen molar-refractivity contribution >= 4 is 18.0 Å². The zero-order chi connectivity index (χ0) is 55.6. The van der Waals surface area contributed by atoms with Crippen LogP contribution < -0.4 is 0 Å². The molecule has 22 heteroatoms. The summed E-state index contributed by atoms with van der Waals surface area (Å²) in [5.74, 6) is -2.69. The molecule has 9 rings (SSSR count). The molecule has 4 saturated carbocycles. The number of fused-ring (bicyclic) bond motifs is 7. The highest BCUT2D eigenvalue weighted by Gasteiger charge is 2.71. The summed E-state index contributed by atoms with van der Waals surface area (Å²) in [4.78, 5) is 39.0. The van der Waals surface area contributed by atoms with E-state index in [2.05, 4.69) is 40.7 Å². The van der Waals surface area contributed by atoms with Gasteiger partial charge < -0.3 is 98.9 Å². The predicted molar refractivity (Wildman–Crippen MR) is 260 cm³/mol. The molecule has 0 aromatic rings. The molecule has 0 bridgehead atoms. The van der Waals surface area contributed by atoms with E-state index < -0.39 is 151 Å². The third kappa shape index (κ3) is 9.13. The van der Waals surface area contributed by atoms with E-state index in [0.29, 0.717) is 44.9 Å². The second-order valence-corrected chi connectivity index (χ2v) is 25.5. The lowest BCUT2D eigenvalue weighted by Crippen LogP contribution is -2.68. The number of carboxylic acid groups (broad SMARTS) is 1. The van der Waals surface area contributed by atoms with Gasteiger partial charge in [-0.05, 0) is 111 Å². The van der Waals surface area contributed by atoms with Gasteiger partial charge in [0, 0.05) is 5.41 Å². The Morgan fingerprint density at radius 1 is 0.737 bits per heavy atom. The second-order valence-electron chi connectivity index (χ2n) is 25.5. The number of aldehydes is 1. The van der Waals surface area contributed by atoms with E-state index in [9.17, 15) is 70.6 Å². The van der Waals surface area contributed by atoms with Crippen LogP contribution in [0.1, 0.15) is 120 Å². The number of ketones is 1. The van der Waals surface area contributed by atoms with Crippen LogP contribution in [0, 0.1) is 50.2 Å². The average Bonchev–Trinajstić information content (AvgIpc) is 3.54. The van der Waals surface area contributed by atoms with E-state index in [0.717, 1.165) is 19.1 Å². The number of carboxylic acids is 1. The van der Waals surface area contributed by atoms with E-state index in [1.54, 1.807) is 0 Å². The third-order valence-electron chi connectivity index (χ3n) is 20.9. The van der Waals surface area contributed by atoms with Crippen LogP contribution in [-0.4, -0.2) is 198 Å². The summed E-state index contributed by atoms with van der Waals surface area (Å²) in [6.07, 6.45) is -20.4. The summed E-state index contributed by atoms with van der Waals surface area (Å²) in [6.45, 7) is 14.9. The van der Waals surface area contributed by atoms with Crippen LogP contribution in [0.5, 0.6) is 0 Å². The number of hydrogen-bond donors (Lipinski definition) is 11. The fourth-order valence-electron chi connectivity index (χ4n) is 16.3. The SMILES string of the molecule is CC1=C(O)C(=O)CC(O[C@@H]2CC(C)(C)C[C@H]3C4=CC[C@@H]5[C@@]6(C)CC[C@H](O[C@@H]7O[C@H](C(=O)O)[C@@H](O)[C@H](O)[C@H]7O[C@@H]7O[C@H](CO)[C@H](O)[C@H](O)[C@H]7O[C@@H]7O[C@@H](C)[C@H](O)[C@@H](O)[C@H]7O)[C@](C)(CO)[C@@H]6CC[C@@]5(C)[C@]4(C)CC[C@@]23C=O)O1. The molecular formula is C54H82O22. The minimum atomic E-state index is -2.11. The van der Waals surface area contributed by atoms with Crippen molar-refractivity contribution in [2.24, 2.45) is 50.2 Å². The average molecular weight is 1080 g/mol. The van der Waals surface area contributed by atoms with Crippen molar-refractivity contribution in [1.29, 1.82) is 0 Å². The Morgan fingerprint density at radius 2 is 1.39 bits per heavy atom. The number of aliphatic carboxylic acids is 1. The fraction of sp³-hybridized carbons (Fsp3) is 0.870. The molecule has 0 amide bonds. The largest absolute Gasteiger partial charge is 0.502 e. The smallest absolute Gasteiger partial charge is 0.335 e. The van der Waals surface area contributed by atoms with Gasteiger partial charge in [0.2, 0.25) is 12.1 Å². The molecule has 9 aliphatic rings. The lowest BCUT2D eigenvalue weighted by atomic mass is 9.33. The molecule has 22 nitrogen and oxygen atoms in total. The molecular weight excluding hydrogens is 1000 g/mol. The van der Waals surface area contributed by atoms with Crippen LogP contribution in [0.4, 0.5) is 0 Å². The lowest BCUT2D eigenvalue weighted by Gasteiger charge is -2.71. The van der Waals surface area contributed by atoms with Gasteiger partial charge in [-0.25, -0.2) is 4.79 Å². The molecule has 0 radical (unpaired) electrons. The molecule has 26 atom stereocenters. The van der Waals surface area contributed by atoms with Crippen LogP contribution in [-0.2, 0) is 52.3 Å². The number of rotatable bonds is 12. The number of carbonyl (C=O) groups excluding carboxylic acids is 2. The van der Waals surface area contributed by atoms with Gasteiger partial charge in [-0.2, -0.15) is 0 Å². The highest BCUT2D eigenvalue weighted by Crippen LogP contribution is 2.76. The summed E-state index contributed by atoms with van der Waals surface area (Å²) < 4.78 is 48.8. The van der Waals surface area contributed by atoms with Gasteiger partial charge in [0.15, 0.2) is 30.7 Å². The number of aliphatic hydroxyl groups excluding tert-OH is 10. The molecule has 0 spiro atoms. The summed E-state index contributed by atoms with van der Waals surface area (Å²) in [7, 11) is 0. The molecule has 4 aliphatic heterocycles. The van der Waals surface area contributed by atoms with Crippen LogP contribution in [0.15, 0.2) is 23.2 Å². The van der Waals surface area contributed by atoms with Crippen LogP contribution in [0.3, 0.4) is 0 Å². The normalized spacial score (nSPS) is 52.2. The standard InChI is InChI=1S/C54H82O22/c1-23-34(59)27(58)17-33(69-23)72-32-19-49(3,4)18-26-25-9-10-30-50(5)13-12-31(51(6,21-56)29(50)11-14-53(30,8)52(25,7)15-16-54(26,32)22-57)73-48-44(40(65)39(64)42(74-48)45(67)68)76-47-43(38(63)36(61)28(20-55)71-47)75-46-41(66)37(62)35(60)24(2)70-46/h9,22,24,26,28-33,35-44,46-48,55-56,59-66H,10-21H2,1-8H3,(H,67,68)/t24-,26-,28+,29+,30+,31-,32+,33?,35-,36-,37+,38-,39-,40-,41+,42-,43+,44+,46-,47-,48+,50-,51+,52+,53+,54-/m0/s1. The van der Waals surface area contributed by atoms with Gasteiger partial charge in [0.1, 0.15) is 73.1 Å². The summed E-state index contributed by atoms with van der Waals surface area (Å²) in [6, 6.07) is 0. The summed E-state index contributed by atoms with van der Waals surface area (Å²) >= 11 is 0. The van der Waals surface area contributed by atoms with Crippen molar-refractivity contribution in [3.8, 4) is 0 Å². The quantitative estimate of drug-likeness (QED) is 0.0738. The first-order valence-electron chi connectivity index (χ1n) is 27.1. The van der Waals surface area contributed by atoms with Gasteiger partial charge in [-0.3, -0.25) is 4.79 Å². The molecule has 0 aromatic heterocycles. The zero-order valence-corrected chi connectivity index (χ0v) is 44.7. The number of hydrogen-bond acceptors (Lipinski definition) is 21. The van der Waals surface area contributed by atoms with Gasteiger partial charge in [-0.15, -0.1) is 0 Å². The minimum Gasteiger partial charge on any atom is -0.502 e. The summed E-state index contributed by atoms with van der Waals surface area (Å²) in [5.41, 5.74) is -1.95. The van der Waals surface area contributed by atoms with Gasteiger partial charge in [0.25, 0.3) is 0 Å². The van der Waals surface area contributed by atoms with E-state index in [4.69, 9.17) is 37.9 Å². The molecule has 3 saturated heterocycles.